The molecule has 0 radical (unpaired) electrons. The second-order valence-electron chi connectivity index (χ2n) is 4.26. The van der Waals surface area contributed by atoms with Crippen LogP contribution in [0.1, 0.15) is 15.9 Å². The second kappa shape index (κ2) is 7.32. The Kier molecular flexibility index (Phi) is 5.19. The van der Waals surface area contributed by atoms with E-state index >= 15 is 0 Å². The summed E-state index contributed by atoms with van der Waals surface area (Å²) in [6.45, 7) is -0.00136. The van der Waals surface area contributed by atoms with Gasteiger partial charge in [0.2, 0.25) is 0 Å². The molecule has 0 fully saturated rings. The van der Waals surface area contributed by atoms with Crippen molar-refractivity contribution in [3.05, 3.63) is 59.7 Å². The van der Waals surface area contributed by atoms with Crippen molar-refractivity contribution >= 4 is 23.2 Å². The molecule has 1 amide bonds. The van der Waals surface area contributed by atoms with Crippen molar-refractivity contribution in [1.29, 1.82) is 5.26 Å². The average Bonchev–Trinajstić information content (AvgIpc) is 2.54. The van der Waals surface area contributed by atoms with Gasteiger partial charge in [0.25, 0.3) is 5.91 Å². The second-order valence-corrected chi connectivity index (χ2v) is 4.52. The van der Waals surface area contributed by atoms with Gasteiger partial charge in [0.1, 0.15) is 11.8 Å². The Balaban J connectivity index is 2.00. The monoisotopic (exact) mass is 300 g/mol. The number of nitrogens with zero attached hydrogens (tertiary/aromatic N) is 1. The molecule has 2 rings (SSSR count). The highest BCUT2D eigenvalue weighted by Crippen LogP contribution is 2.16. The molecule has 0 aliphatic rings. The molecule has 0 saturated carbocycles. The smallest absolute Gasteiger partial charge is 0.255 e. The van der Waals surface area contributed by atoms with Crippen LogP contribution in [-0.2, 0) is 5.88 Å². The molecule has 0 unspecified atom stereocenters. The zero-order valence-corrected chi connectivity index (χ0v) is 11.9. The predicted molar refractivity (Wildman–Crippen MR) is 81.5 cm³/mol. The first-order valence-electron chi connectivity index (χ1n) is 6.29. The summed E-state index contributed by atoms with van der Waals surface area (Å²) >= 11 is 5.71. The van der Waals surface area contributed by atoms with Crippen LogP contribution in [0.5, 0.6) is 5.75 Å². The van der Waals surface area contributed by atoms with Crippen LogP contribution in [0.15, 0.2) is 48.5 Å². The molecule has 2 aromatic rings. The molecule has 2 aromatic carbocycles. The van der Waals surface area contributed by atoms with Crippen LogP contribution in [0.2, 0.25) is 0 Å². The van der Waals surface area contributed by atoms with Crippen molar-refractivity contribution in [3.8, 4) is 11.8 Å². The first-order valence-corrected chi connectivity index (χ1v) is 6.82. The molecule has 0 aliphatic carbocycles. The summed E-state index contributed by atoms with van der Waals surface area (Å²) in [6, 6.07) is 15.8. The number of alkyl halides is 1. The molecule has 106 valence electrons. The first kappa shape index (κ1) is 14.9. The number of anilines is 1. The molecule has 0 atom stereocenters. The number of benzene rings is 2. The van der Waals surface area contributed by atoms with Gasteiger partial charge in [0.05, 0.1) is 0 Å². The van der Waals surface area contributed by atoms with E-state index in [-0.39, 0.29) is 12.5 Å². The maximum absolute atomic E-state index is 12.1. The largest absolute Gasteiger partial charge is 0.479 e. The topological polar surface area (TPSA) is 62.1 Å². The van der Waals surface area contributed by atoms with Crippen molar-refractivity contribution in [1.82, 2.24) is 0 Å². The molecule has 0 heterocycles. The quantitative estimate of drug-likeness (QED) is 0.859. The van der Waals surface area contributed by atoms with Crippen LogP contribution in [0, 0.1) is 11.3 Å². The third kappa shape index (κ3) is 4.23. The molecule has 0 aromatic heterocycles. The Bertz CT molecular complexity index is 645. The number of hydrogen-bond acceptors (Lipinski definition) is 3. The van der Waals surface area contributed by atoms with E-state index in [9.17, 15) is 4.79 Å². The number of hydrogen-bond donors (Lipinski definition) is 1. The maximum Gasteiger partial charge on any atom is 0.255 e. The first-order chi connectivity index (χ1) is 10.2. The average molecular weight is 301 g/mol. The van der Waals surface area contributed by atoms with E-state index in [1.165, 1.54) is 0 Å². The maximum atomic E-state index is 12.1. The summed E-state index contributed by atoms with van der Waals surface area (Å²) in [5.74, 6) is 0.814. The molecule has 5 heteroatoms. The Hall–Kier alpha value is -2.51. The number of carbonyl (C=O) groups is 1. The highest BCUT2D eigenvalue weighted by molar-refractivity contribution is 6.17. The van der Waals surface area contributed by atoms with Gasteiger partial charge in [-0.2, -0.15) is 5.26 Å². The molecule has 0 aliphatic heterocycles. The van der Waals surface area contributed by atoms with E-state index < -0.39 is 0 Å². The van der Waals surface area contributed by atoms with Gasteiger partial charge in [0.15, 0.2) is 6.61 Å². The van der Waals surface area contributed by atoms with Gasteiger partial charge in [-0.1, -0.05) is 12.1 Å². The van der Waals surface area contributed by atoms with E-state index in [2.05, 4.69) is 5.32 Å². The lowest BCUT2D eigenvalue weighted by molar-refractivity contribution is 0.102. The normalized spacial score (nSPS) is 9.71. The number of ether oxygens (including phenoxy) is 1. The van der Waals surface area contributed by atoms with Gasteiger partial charge in [-0.3, -0.25) is 4.79 Å². The number of amides is 1. The third-order valence-corrected chi connectivity index (χ3v) is 3.09. The van der Waals surface area contributed by atoms with Gasteiger partial charge in [-0.25, -0.2) is 0 Å². The SMILES string of the molecule is N#CCOc1ccc(NC(=O)c2ccc(CCl)cc2)cc1. The third-order valence-electron chi connectivity index (χ3n) is 2.79. The zero-order chi connectivity index (χ0) is 15.1. The minimum absolute atomic E-state index is 0.00136. The lowest BCUT2D eigenvalue weighted by Crippen LogP contribution is -2.11. The summed E-state index contributed by atoms with van der Waals surface area (Å²) in [7, 11) is 0. The van der Waals surface area contributed by atoms with Crippen LogP contribution in [-0.4, -0.2) is 12.5 Å². The van der Waals surface area contributed by atoms with Gasteiger partial charge >= 0.3 is 0 Å². The van der Waals surface area contributed by atoms with Crippen molar-refractivity contribution in [2.24, 2.45) is 0 Å². The summed E-state index contributed by atoms with van der Waals surface area (Å²) in [5, 5.41) is 11.2. The Labute approximate surface area is 127 Å². The highest BCUT2D eigenvalue weighted by atomic mass is 35.5. The van der Waals surface area contributed by atoms with Crippen molar-refractivity contribution in [2.45, 2.75) is 5.88 Å². The molecule has 4 nitrogen and oxygen atoms in total. The Morgan fingerprint density at radius 2 is 1.81 bits per heavy atom. The van der Waals surface area contributed by atoms with Crippen LogP contribution >= 0.6 is 11.6 Å². The fourth-order valence-corrected chi connectivity index (χ4v) is 1.88. The van der Waals surface area contributed by atoms with Crippen LogP contribution in [0.3, 0.4) is 0 Å². The standard InChI is InChI=1S/C16H13ClN2O2/c17-11-12-1-3-13(4-2-12)16(20)19-14-5-7-15(8-6-14)21-10-9-18/h1-8H,10-11H2,(H,19,20). The number of carbonyl (C=O) groups excluding carboxylic acids is 1. The summed E-state index contributed by atoms with van der Waals surface area (Å²) in [6.07, 6.45) is 0. The predicted octanol–water partition coefficient (Wildman–Crippen LogP) is 3.58. The molecule has 1 N–H and O–H groups in total. The van der Waals surface area contributed by atoms with E-state index in [4.69, 9.17) is 21.6 Å². The number of halogens is 1. The molecule has 0 spiro atoms. The summed E-state index contributed by atoms with van der Waals surface area (Å²) in [5.41, 5.74) is 2.19. The molecule has 0 saturated heterocycles. The molecular formula is C16H13ClN2O2. The van der Waals surface area contributed by atoms with E-state index in [0.29, 0.717) is 22.9 Å². The van der Waals surface area contributed by atoms with Crippen molar-refractivity contribution in [2.75, 3.05) is 11.9 Å². The summed E-state index contributed by atoms with van der Waals surface area (Å²) in [4.78, 5) is 12.1. The van der Waals surface area contributed by atoms with E-state index in [0.717, 1.165) is 5.56 Å². The minimum Gasteiger partial charge on any atom is -0.479 e. The lowest BCUT2D eigenvalue weighted by Gasteiger charge is -2.07. The van der Waals surface area contributed by atoms with Crippen molar-refractivity contribution in [3.63, 3.8) is 0 Å². The fraction of sp³-hybridized carbons (Fsp3) is 0.125. The Morgan fingerprint density at radius 1 is 1.14 bits per heavy atom. The van der Waals surface area contributed by atoms with Gasteiger partial charge in [0, 0.05) is 17.1 Å². The number of nitriles is 1. The van der Waals surface area contributed by atoms with Crippen molar-refractivity contribution < 1.29 is 9.53 Å². The number of nitrogens with one attached hydrogen (secondary N) is 1. The molecular weight excluding hydrogens is 288 g/mol. The minimum atomic E-state index is -0.193. The fourth-order valence-electron chi connectivity index (χ4n) is 1.70. The Morgan fingerprint density at radius 3 is 2.38 bits per heavy atom. The number of rotatable bonds is 5. The zero-order valence-electron chi connectivity index (χ0n) is 11.2. The van der Waals surface area contributed by atoms with Crippen LogP contribution in [0.4, 0.5) is 5.69 Å². The van der Waals surface area contributed by atoms with E-state index in [1.807, 2.05) is 18.2 Å². The lowest BCUT2D eigenvalue weighted by atomic mass is 10.1. The molecule has 0 bridgehead atoms. The van der Waals surface area contributed by atoms with Gasteiger partial charge in [-0.15, -0.1) is 11.6 Å². The molecule has 21 heavy (non-hydrogen) atoms. The van der Waals surface area contributed by atoms with E-state index in [1.54, 1.807) is 36.4 Å². The van der Waals surface area contributed by atoms with Gasteiger partial charge in [-0.05, 0) is 42.0 Å². The van der Waals surface area contributed by atoms with Gasteiger partial charge < -0.3 is 10.1 Å². The highest BCUT2D eigenvalue weighted by Gasteiger charge is 2.06. The summed E-state index contributed by atoms with van der Waals surface area (Å²) < 4.78 is 5.14. The van der Waals surface area contributed by atoms with Crippen LogP contribution < -0.4 is 10.1 Å². The van der Waals surface area contributed by atoms with Crippen LogP contribution in [0.25, 0.3) is 0 Å².